The molecule has 3 N–H and O–H groups in total. The SMILES string of the molecule is CCOC(=O)C(CC1CCCO1)NC(=O)C(N)C(C)CC. The van der Waals surface area contributed by atoms with Crippen LogP contribution in [0.5, 0.6) is 0 Å². The predicted octanol–water partition coefficient (Wildman–Crippen LogP) is 0.977. The van der Waals surface area contributed by atoms with Crippen molar-refractivity contribution < 1.29 is 19.1 Å². The first-order chi connectivity index (χ1) is 9.99. The maximum absolute atomic E-state index is 12.2. The lowest BCUT2D eigenvalue weighted by atomic mass is 9.98. The summed E-state index contributed by atoms with van der Waals surface area (Å²) in [7, 11) is 0. The second-order valence-electron chi connectivity index (χ2n) is 5.60. The Hall–Kier alpha value is -1.14. The van der Waals surface area contributed by atoms with Crippen LogP contribution in [0.3, 0.4) is 0 Å². The van der Waals surface area contributed by atoms with Crippen molar-refractivity contribution >= 4 is 11.9 Å². The maximum Gasteiger partial charge on any atom is 0.328 e. The normalized spacial score (nSPS) is 22.4. The summed E-state index contributed by atoms with van der Waals surface area (Å²) in [5, 5.41) is 2.72. The van der Waals surface area contributed by atoms with Gasteiger partial charge in [-0.3, -0.25) is 4.79 Å². The van der Waals surface area contributed by atoms with Crippen LogP contribution in [0.15, 0.2) is 0 Å². The number of amides is 1. The Morgan fingerprint density at radius 1 is 1.43 bits per heavy atom. The first-order valence-electron chi connectivity index (χ1n) is 7.83. The molecule has 1 rings (SSSR count). The highest BCUT2D eigenvalue weighted by Crippen LogP contribution is 2.18. The summed E-state index contributed by atoms with van der Waals surface area (Å²) in [5.74, 6) is -0.659. The van der Waals surface area contributed by atoms with Crippen LogP contribution in [0.2, 0.25) is 0 Å². The van der Waals surface area contributed by atoms with E-state index in [0.29, 0.717) is 13.0 Å². The summed E-state index contributed by atoms with van der Waals surface area (Å²) in [4.78, 5) is 24.1. The number of nitrogens with one attached hydrogen (secondary N) is 1. The Morgan fingerprint density at radius 3 is 2.67 bits per heavy atom. The zero-order chi connectivity index (χ0) is 15.8. The molecule has 0 aromatic carbocycles. The van der Waals surface area contributed by atoms with Crippen LogP contribution in [0.1, 0.15) is 46.5 Å². The second kappa shape index (κ2) is 9.00. The van der Waals surface area contributed by atoms with Gasteiger partial charge in [0.15, 0.2) is 0 Å². The summed E-state index contributed by atoms with van der Waals surface area (Å²) in [5.41, 5.74) is 5.91. The molecule has 1 fully saturated rings. The lowest BCUT2D eigenvalue weighted by Crippen LogP contribution is -2.51. The molecule has 0 aromatic heterocycles. The minimum absolute atomic E-state index is 0.000436. The zero-order valence-electron chi connectivity index (χ0n) is 13.3. The minimum atomic E-state index is -0.685. The fraction of sp³-hybridized carbons (Fsp3) is 0.867. The van der Waals surface area contributed by atoms with E-state index < -0.39 is 18.1 Å². The number of ether oxygens (including phenoxy) is 2. The molecule has 0 aliphatic carbocycles. The highest BCUT2D eigenvalue weighted by atomic mass is 16.5. The third-order valence-corrected chi connectivity index (χ3v) is 3.97. The molecule has 0 bridgehead atoms. The van der Waals surface area contributed by atoms with Crippen molar-refractivity contribution in [3.8, 4) is 0 Å². The van der Waals surface area contributed by atoms with E-state index in [4.69, 9.17) is 15.2 Å². The standard InChI is InChI=1S/C15H28N2O4/c1-4-10(3)13(16)14(18)17-12(15(19)20-5-2)9-11-7-6-8-21-11/h10-13H,4-9,16H2,1-3H3,(H,17,18). The number of carbonyl (C=O) groups excluding carboxylic acids is 2. The Bertz CT molecular complexity index is 343. The van der Waals surface area contributed by atoms with Gasteiger partial charge < -0.3 is 20.5 Å². The molecule has 0 spiro atoms. The van der Waals surface area contributed by atoms with Crippen LogP contribution >= 0.6 is 0 Å². The van der Waals surface area contributed by atoms with E-state index in [9.17, 15) is 9.59 Å². The van der Waals surface area contributed by atoms with E-state index in [2.05, 4.69) is 5.32 Å². The third kappa shape index (κ3) is 5.63. The molecule has 4 atom stereocenters. The smallest absolute Gasteiger partial charge is 0.328 e. The van der Waals surface area contributed by atoms with Crippen molar-refractivity contribution in [2.24, 2.45) is 11.7 Å². The van der Waals surface area contributed by atoms with Crippen molar-refractivity contribution in [2.45, 2.75) is 64.6 Å². The number of hydrogen-bond donors (Lipinski definition) is 2. The Morgan fingerprint density at radius 2 is 2.14 bits per heavy atom. The average molecular weight is 300 g/mol. The fourth-order valence-corrected chi connectivity index (χ4v) is 2.33. The molecule has 122 valence electrons. The Kier molecular flexibility index (Phi) is 7.67. The van der Waals surface area contributed by atoms with E-state index in [1.165, 1.54) is 0 Å². The summed E-state index contributed by atoms with van der Waals surface area (Å²) in [6.45, 7) is 6.64. The van der Waals surface area contributed by atoms with Crippen LogP contribution in [-0.2, 0) is 19.1 Å². The molecule has 0 aromatic rings. The van der Waals surface area contributed by atoms with Crippen LogP contribution in [-0.4, -0.2) is 43.3 Å². The number of rotatable bonds is 8. The monoisotopic (exact) mass is 300 g/mol. The highest BCUT2D eigenvalue weighted by Gasteiger charge is 2.30. The quantitative estimate of drug-likeness (QED) is 0.652. The van der Waals surface area contributed by atoms with Crippen molar-refractivity contribution in [1.29, 1.82) is 0 Å². The van der Waals surface area contributed by atoms with Gasteiger partial charge in [0.25, 0.3) is 0 Å². The van der Waals surface area contributed by atoms with E-state index in [0.717, 1.165) is 19.3 Å². The molecule has 6 heteroatoms. The van der Waals surface area contributed by atoms with Crippen molar-refractivity contribution in [3.63, 3.8) is 0 Å². The maximum atomic E-state index is 12.2. The topological polar surface area (TPSA) is 90.6 Å². The number of carbonyl (C=O) groups is 2. The molecule has 6 nitrogen and oxygen atoms in total. The van der Waals surface area contributed by atoms with Gasteiger partial charge in [-0.05, 0) is 25.7 Å². The molecule has 21 heavy (non-hydrogen) atoms. The van der Waals surface area contributed by atoms with Gasteiger partial charge in [-0.1, -0.05) is 20.3 Å². The predicted molar refractivity (Wildman–Crippen MR) is 79.6 cm³/mol. The van der Waals surface area contributed by atoms with Crippen molar-refractivity contribution in [1.82, 2.24) is 5.32 Å². The summed E-state index contributed by atoms with van der Waals surface area (Å²) in [6, 6.07) is -1.30. The summed E-state index contributed by atoms with van der Waals surface area (Å²) in [6.07, 6.45) is 3.14. The summed E-state index contributed by atoms with van der Waals surface area (Å²) >= 11 is 0. The van der Waals surface area contributed by atoms with Crippen LogP contribution in [0.25, 0.3) is 0 Å². The van der Waals surface area contributed by atoms with Gasteiger partial charge in [0.05, 0.1) is 18.8 Å². The highest BCUT2D eigenvalue weighted by molar-refractivity contribution is 5.87. The average Bonchev–Trinajstić information content (AvgIpc) is 2.98. The molecule has 1 saturated heterocycles. The lowest BCUT2D eigenvalue weighted by molar-refractivity contribution is -0.148. The number of nitrogens with two attached hydrogens (primary N) is 1. The van der Waals surface area contributed by atoms with Crippen LogP contribution < -0.4 is 11.1 Å². The van der Waals surface area contributed by atoms with Gasteiger partial charge in [-0.25, -0.2) is 4.79 Å². The molecular weight excluding hydrogens is 272 g/mol. The molecule has 1 heterocycles. The molecule has 1 amide bonds. The Labute approximate surface area is 126 Å². The molecule has 1 aliphatic heterocycles. The molecule has 0 saturated carbocycles. The van der Waals surface area contributed by atoms with Gasteiger partial charge in [-0.15, -0.1) is 0 Å². The Balaban J connectivity index is 2.62. The van der Waals surface area contributed by atoms with Gasteiger partial charge in [0, 0.05) is 13.0 Å². The molecule has 0 radical (unpaired) electrons. The van der Waals surface area contributed by atoms with Gasteiger partial charge in [0.2, 0.25) is 5.91 Å². The van der Waals surface area contributed by atoms with E-state index in [1.54, 1.807) is 6.92 Å². The molecule has 4 unspecified atom stereocenters. The van der Waals surface area contributed by atoms with Gasteiger partial charge in [-0.2, -0.15) is 0 Å². The second-order valence-corrected chi connectivity index (χ2v) is 5.60. The largest absolute Gasteiger partial charge is 0.464 e. The van der Waals surface area contributed by atoms with E-state index in [1.807, 2.05) is 13.8 Å². The zero-order valence-corrected chi connectivity index (χ0v) is 13.3. The minimum Gasteiger partial charge on any atom is -0.464 e. The van der Waals surface area contributed by atoms with Gasteiger partial charge in [0.1, 0.15) is 6.04 Å². The van der Waals surface area contributed by atoms with Crippen LogP contribution in [0, 0.1) is 5.92 Å². The molecular formula is C15H28N2O4. The lowest BCUT2D eigenvalue weighted by Gasteiger charge is -2.24. The first-order valence-corrected chi connectivity index (χ1v) is 7.83. The molecule has 1 aliphatic rings. The van der Waals surface area contributed by atoms with Gasteiger partial charge >= 0.3 is 5.97 Å². The van der Waals surface area contributed by atoms with Crippen LogP contribution in [0.4, 0.5) is 0 Å². The third-order valence-electron chi connectivity index (χ3n) is 3.97. The number of esters is 1. The van der Waals surface area contributed by atoms with Crippen molar-refractivity contribution in [3.05, 3.63) is 0 Å². The fourth-order valence-electron chi connectivity index (χ4n) is 2.33. The summed E-state index contributed by atoms with van der Waals surface area (Å²) < 4.78 is 10.6. The first kappa shape index (κ1) is 17.9. The van der Waals surface area contributed by atoms with E-state index >= 15 is 0 Å². The van der Waals surface area contributed by atoms with Crippen molar-refractivity contribution in [2.75, 3.05) is 13.2 Å². The number of hydrogen-bond acceptors (Lipinski definition) is 5. The van der Waals surface area contributed by atoms with E-state index in [-0.39, 0.29) is 24.5 Å².